The van der Waals surface area contributed by atoms with E-state index in [2.05, 4.69) is 56.8 Å². The van der Waals surface area contributed by atoms with Crippen LogP contribution in [0.1, 0.15) is 26.3 Å². The van der Waals surface area contributed by atoms with Crippen molar-refractivity contribution in [2.24, 2.45) is 0 Å². The molecule has 0 amide bonds. The Bertz CT molecular complexity index is 354. The lowest BCUT2D eigenvalue weighted by atomic mass is 10.1. The Labute approximate surface area is 91.8 Å². The summed E-state index contributed by atoms with van der Waals surface area (Å²) in [5.41, 5.74) is 3.76. The Morgan fingerprint density at radius 3 is 2.14 bits per heavy atom. The summed E-state index contributed by atoms with van der Waals surface area (Å²) in [6.07, 6.45) is 2.16. The van der Waals surface area contributed by atoms with Gasteiger partial charge >= 0.3 is 0 Å². The molecule has 74 valence electrons. The highest BCUT2D eigenvalue weighted by atomic mass is 32.1. The number of hydrogen-bond acceptors (Lipinski definition) is 1. The van der Waals surface area contributed by atoms with Crippen LogP contribution in [-0.4, -0.2) is 0 Å². The van der Waals surface area contributed by atoms with Crippen LogP contribution >= 0.6 is 12.6 Å². The number of rotatable bonds is 2. The first-order valence-electron chi connectivity index (χ1n) is 4.71. The molecular formula is C13H16S. The van der Waals surface area contributed by atoms with Gasteiger partial charge in [-0.15, -0.1) is 12.6 Å². The van der Waals surface area contributed by atoms with Gasteiger partial charge in [0.2, 0.25) is 0 Å². The molecule has 1 rings (SSSR count). The van der Waals surface area contributed by atoms with Crippen molar-refractivity contribution in [3.63, 3.8) is 0 Å². The quantitative estimate of drug-likeness (QED) is 0.538. The summed E-state index contributed by atoms with van der Waals surface area (Å²) in [6.45, 7) is 6.21. The summed E-state index contributed by atoms with van der Waals surface area (Å²) < 4.78 is 0. The zero-order valence-corrected chi connectivity index (χ0v) is 9.81. The lowest BCUT2D eigenvalue weighted by Crippen LogP contribution is -1.80. The molecule has 14 heavy (non-hydrogen) atoms. The van der Waals surface area contributed by atoms with E-state index in [4.69, 9.17) is 0 Å². The van der Waals surface area contributed by atoms with Crippen LogP contribution in [0.5, 0.6) is 0 Å². The van der Waals surface area contributed by atoms with Gasteiger partial charge in [0.25, 0.3) is 0 Å². The van der Waals surface area contributed by atoms with Crippen LogP contribution < -0.4 is 0 Å². The molecule has 1 aromatic rings. The van der Waals surface area contributed by atoms with Gasteiger partial charge in [0.1, 0.15) is 0 Å². The lowest BCUT2D eigenvalue weighted by Gasteiger charge is -2.02. The van der Waals surface area contributed by atoms with Gasteiger partial charge in [0.15, 0.2) is 0 Å². The number of benzene rings is 1. The molecule has 0 aromatic heterocycles. The van der Waals surface area contributed by atoms with Crippen LogP contribution in [0.2, 0.25) is 0 Å². The summed E-state index contributed by atoms with van der Waals surface area (Å²) >= 11 is 4.32. The number of thiol groups is 1. The van der Waals surface area contributed by atoms with Gasteiger partial charge in [-0.05, 0) is 42.4 Å². The number of allylic oxidation sites excluding steroid dienone is 4. The molecular weight excluding hydrogens is 188 g/mol. The van der Waals surface area contributed by atoms with Gasteiger partial charge < -0.3 is 0 Å². The predicted molar refractivity (Wildman–Crippen MR) is 67.5 cm³/mol. The Morgan fingerprint density at radius 2 is 1.64 bits per heavy atom. The summed E-state index contributed by atoms with van der Waals surface area (Å²) in [5.74, 6) is 0. The van der Waals surface area contributed by atoms with Gasteiger partial charge in [-0.2, -0.15) is 0 Å². The Kier molecular flexibility index (Phi) is 4.02. The van der Waals surface area contributed by atoms with Crippen LogP contribution in [0, 0.1) is 0 Å². The van der Waals surface area contributed by atoms with Crippen molar-refractivity contribution in [3.8, 4) is 0 Å². The molecule has 0 saturated heterocycles. The maximum absolute atomic E-state index is 4.32. The van der Waals surface area contributed by atoms with Crippen LogP contribution in [0.3, 0.4) is 0 Å². The molecule has 0 fully saturated rings. The Balaban J connectivity index is 2.97. The van der Waals surface area contributed by atoms with Crippen LogP contribution in [-0.2, 0) is 0 Å². The summed E-state index contributed by atoms with van der Waals surface area (Å²) in [4.78, 5) is 1.07. The molecule has 0 radical (unpaired) electrons. The van der Waals surface area contributed by atoms with E-state index in [-0.39, 0.29) is 0 Å². The van der Waals surface area contributed by atoms with E-state index < -0.39 is 0 Å². The molecule has 0 aliphatic rings. The van der Waals surface area contributed by atoms with Crippen LogP contribution in [0.4, 0.5) is 0 Å². The van der Waals surface area contributed by atoms with Crippen molar-refractivity contribution >= 4 is 18.2 Å². The van der Waals surface area contributed by atoms with E-state index in [1.807, 2.05) is 13.0 Å². The highest BCUT2D eigenvalue weighted by Crippen LogP contribution is 2.17. The molecule has 0 heterocycles. The van der Waals surface area contributed by atoms with E-state index in [1.54, 1.807) is 0 Å². The fourth-order valence-corrected chi connectivity index (χ4v) is 1.28. The molecule has 0 saturated carbocycles. The molecule has 0 bridgehead atoms. The van der Waals surface area contributed by atoms with Crippen molar-refractivity contribution in [2.45, 2.75) is 20.8 Å². The second kappa shape index (κ2) is 5.06. The first-order valence-corrected chi connectivity index (χ1v) is 5.16. The van der Waals surface area contributed by atoms with Crippen molar-refractivity contribution in [1.82, 2.24) is 0 Å². The SMILES string of the molecule is C/C(=C\C(C)=C(/C)S)c1ccccc1. The fourth-order valence-electron chi connectivity index (χ4n) is 1.21. The largest absolute Gasteiger partial charge is 0.148 e. The van der Waals surface area contributed by atoms with Gasteiger partial charge in [-0.3, -0.25) is 0 Å². The molecule has 1 heteroatoms. The van der Waals surface area contributed by atoms with Crippen molar-refractivity contribution in [2.75, 3.05) is 0 Å². The minimum absolute atomic E-state index is 1.07. The topological polar surface area (TPSA) is 0 Å². The molecule has 0 nitrogen and oxygen atoms in total. The standard InChI is InChI=1S/C13H16S/c1-10(12(3)14)9-11(2)13-7-5-4-6-8-13/h4-9,14H,1-3H3/b11-9+,12-10+. The average Bonchev–Trinajstić information content (AvgIpc) is 2.19. The Morgan fingerprint density at radius 1 is 1.07 bits per heavy atom. The first-order chi connectivity index (χ1) is 6.61. The number of hydrogen-bond donors (Lipinski definition) is 1. The molecule has 0 spiro atoms. The lowest BCUT2D eigenvalue weighted by molar-refractivity contribution is 1.44. The van der Waals surface area contributed by atoms with E-state index in [0.717, 1.165) is 4.91 Å². The minimum atomic E-state index is 1.07. The van der Waals surface area contributed by atoms with E-state index >= 15 is 0 Å². The zero-order chi connectivity index (χ0) is 10.6. The average molecular weight is 204 g/mol. The molecule has 0 atom stereocenters. The third-order valence-electron chi connectivity index (χ3n) is 2.23. The highest BCUT2D eigenvalue weighted by molar-refractivity contribution is 7.84. The van der Waals surface area contributed by atoms with Gasteiger partial charge in [-0.25, -0.2) is 0 Å². The zero-order valence-electron chi connectivity index (χ0n) is 8.91. The first kappa shape index (κ1) is 11.1. The normalized spacial score (nSPS) is 13.9. The summed E-state index contributed by atoms with van der Waals surface area (Å²) in [7, 11) is 0. The minimum Gasteiger partial charge on any atom is -0.148 e. The summed E-state index contributed by atoms with van der Waals surface area (Å²) in [5, 5.41) is 0. The predicted octanol–water partition coefficient (Wildman–Crippen LogP) is 4.31. The Hall–Kier alpha value is -0.950. The monoisotopic (exact) mass is 204 g/mol. The molecule has 0 N–H and O–H groups in total. The van der Waals surface area contributed by atoms with E-state index in [9.17, 15) is 0 Å². The van der Waals surface area contributed by atoms with Gasteiger partial charge in [0, 0.05) is 0 Å². The molecule has 1 aromatic carbocycles. The molecule has 0 unspecified atom stereocenters. The van der Waals surface area contributed by atoms with Crippen molar-refractivity contribution in [3.05, 3.63) is 52.4 Å². The van der Waals surface area contributed by atoms with Crippen LogP contribution in [0.25, 0.3) is 5.57 Å². The third kappa shape index (κ3) is 3.08. The highest BCUT2D eigenvalue weighted by Gasteiger charge is 1.94. The molecule has 0 aliphatic heterocycles. The smallest absolute Gasteiger partial charge is 0.0186 e. The maximum atomic E-state index is 4.32. The van der Waals surface area contributed by atoms with Gasteiger partial charge in [-0.1, -0.05) is 36.4 Å². The summed E-state index contributed by atoms with van der Waals surface area (Å²) in [6, 6.07) is 10.4. The second-order valence-electron chi connectivity index (χ2n) is 3.46. The third-order valence-corrected chi connectivity index (χ3v) is 2.59. The second-order valence-corrected chi connectivity index (χ2v) is 4.13. The van der Waals surface area contributed by atoms with Crippen molar-refractivity contribution < 1.29 is 0 Å². The molecule has 0 aliphatic carbocycles. The maximum Gasteiger partial charge on any atom is -0.0186 e. The van der Waals surface area contributed by atoms with Crippen LogP contribution in [0.15, 0.2) is 46.9 Å². The van der Waals surface area contributed by atoms with Crippen molar-refractivity contribution in [1.29, 1.82) is 0 Å². The van der Waals surface area contributed by atoms with E-state index in [1.165, 1.54) is 16.7 Å². The fraction of sp³-hybridized carbons (Fsp3) is 0.231. The van der Waals surface area contributed by atoms with Gasteiger partial charge in [0.05, 0.1) is 0 Å². The van der Waals surface area contributed by atoms with E-state index in [0.29, 0.717) is 0 Å².